The fourth-order valence-corrected chi connectivity index (χ4v) is 5.75. The van der Waals surface area contributed by atoms with Crippen molar-refractivity contribution in [3.8, 4) is 0 Å². The van der Waals surface area contributed by atoms with Crippen molar-refractivity contribution in [1.82, 2.24) is 20.4 Å². The molecule has 3 atom stereocenters. The molecule has 192 valence electrons. The summed E-state index contributed by atoms with van der Waals surface area (Å²) in [5.74, 6) is 0.570. The van der Waals surface area contributed by atoms with Crippen LogP contribution in [-0.4, -0.2) is 59.9 Å². The average molecular weight is 495 g/mol. The standard InChI is InChI=1S/C25H33F3N4O3/c1-16(33)31-10-8-18(9-11-31)19-4-7-22-21(12-19)24(35)32(15-30-22)14-23(34)29-13-17-2-5-20(6-3-17)25(26,27)28/h2-3,5-6,18-19,21-22,30H,4,7-15H2,1H3,(H,29,34). The lowest BCUT2D eigenvalue weighted by Gasteiger charge is -2.46. The van der Waals surface area contributed by atoms with E-state index >= 15 is 0 Å². The van der Waals surface area contributed by atoms with Crippen LogP contribution < -0.4 is 10.6 Å². The summed E-state index contributed by atoms with van der Waals surface area (Å²) in [4.78, 5) is 40.7. The van der Waals surface area contributed by atoms with E-state index in [1.807, 2.05) is 4.90 Å². The molecular weight excluding hydrogens is 461 g/mol. The highest BCUT2D eigenvalue weighted by Gasteiger charge is 2.43. The number of halogens is 3. The Morgan fingerprint density at radius 3 is 2.37 bits per heavy atom. The fraction of sp³-hybridized carbons (Fsp3) is 0.640. The molecule has 1 saturated carbocycles. The van der Waals surface area contributed by atoms with Crippen molar-refractivity contribution in [2.45, 2.75) is 57.8 Å². The van der Waals surface area contributed by atoms with E-state index in [1.54, 1.807) is 6.92 Å². The molecule has 10 heteroatoms. The summed E-state index contributed by atoms with van der Waals surface area (Å²) in [6.45, 7) is 3.49. The van der Waals surface area contributed by atoms with Gasteiger partial charge in [-0.2, -0.15) is 13.2 Å². The minimum Gasteiger partial charge on any atom is -0.350 e. The largest absolute Gasteiger partial charge is 0.416 e. The first-order valence-electron chi connectivity index (χ1n) is 12.3. The van der Waals surface area contributed by atoms with Crippen LogP contribution in [0.1, 0.15) is 50.2 Å². The van der Waals surface area contributed by atoms with Crippen molar-refractivity contribution in [3.63, 3.8) is 0 Å². The van der Waals surface area contributed by atoms with Crippen molar-refractivity contribution in [2.75, 3.05) is 26.3 Å². The highest BCUT2D eigenvalue weighted by molar-refractivity contribution is 5.86. The minimum absolute atomic E-state index is 0.00991. The Bertz CT molecular complexity index is 929. The van der Waals surface area contributed by atoms with Gasteiger partial charge in [0, 0.05) is 32.6 Å². The van der Waals surface area contributed by atoms with E-state index in [0.717, 1.165) is 57.3 Å². The molecule has 1 aliphatic carbocycles. The van der Waals surface area contributed by atoms with Crippen LogP contribution in [0.4, 0.5) is 13.2 Å². The summed E-state index contributed by atoms with van der Waals surface area (Å²) in [6.07, 6.45) is 0.344. The molecule has 0 aromatic heterocycles. The molecular formula is C25H33F3N4O3. The number of benzene rings is 1. The van der Waals surface area contributed by atoms with Gasteiger partial charge in [-0.3, -0.25) is 19.7 Å². The van der Waals surface area contributed by atoms with Gasteiger partial charge in [-0.1, -0.05) is 12.1 Å². The lowest BCUT2D eigenvalue weighted by Crippen LogP contribution is -2.60. The zero-order valence-corrected chi connectivity index (χ0v) is 19.9. The van der Waals surface area contributed by atoms with Gasteiger partial charge in [-0.25, -0.2) is 0 Å². The molecule has 1 aromatic rings. The molecule has 0 spiro atoms. The second-order valence-corrected chi connectivity index (χ2v) is 10.00. The van der Waals surface area contributed by atoms with Crippen LogP contribution >= 0.6 is 0 Å². The average Bonchev–Trinajstić information content (AvgIpc) is 2.84. The molecule has 2 heterocycles. The Morgan fingerprint density at radius 2 is 1.74 bits per heavy atom. The topological polar surface area (TPSA) is 81.8 Å². The first kappa shape index (κ1) is 25.5. The van der Waals surface area contributed by atoms with Gasteiger partial charge in [0.25, 0.3) is 0 Å². The molecule has 0 bridgehead atoms. The highest BCUT2D eigenvalue weighted by atomic mass is 19.4. The number of hydrogen-bond donors (Lipinski definition) is 2. The van der Waals surface area contributed by atoms with Crippen LogP contribution in [-0.2, 0) is 27.1 Å². The normalized spacial score (nSPS) is 25.8. The Labute approximate surface area is 203 Å². The Hall–Kier alpha value is -2.62. The van der Waals surface area contributed by atoms with Gasteiger partial charge in [-0.15, -0.1) is 0 Å². The maximum Gasteiger partial charge on any atom is 0.416 e. The molecule has 1 aromatic carbocycles. The van der Waals surface area contributed by atoms with Crippen LogP contribution in [0.3, 0.4) is 0 Å². The van der Waals surface area contributed by atoms with Gasteiger partial charge in [0.2, 0.25) is 17.7 Å². The Kier molecular flexibility index (Phi) is 7.68. The number of rotatable bonds is 5. The second-order valence-electron chi connectivity index (χ2n) is 10.00. The van der Waals surface area contributed by atoms with Crippen molar-refractivity contribution < 1.29 is 27.6 Å². The minimum atomic E-state index is -4.40. The number of carbonyl (C=O) groups is 3. The molecule has 3 aliphatic rings. The lowest BCUT2D eigenvalue weighted by molar-refractivity contribution is -0.146. The summed E-state index contributed by atoms with van der Waals surface area (Å²) in [5, 5.41) is 6.11. The van der Waals surface area contributed by atoms with E-state index in [4.69, 9.17) is 0 Å². The molecule has 0 radical (unpaired) electrons. The van der Waals surface area contributed by atoms with Crippen molar-refractivity contribution in [2.24, 2.45) is 17.8 Å². The number of carbonyl (C=O) groups excluding carboxylic acids is 3. The van der Waals surface area contributed by atoms with E-state index in [1.165, 1.54) is 17.0 Å². The maximum absolute atomic E-state index is 13.2. The third-order valence-corrected chi connectivity index (χ3v) is 7.82. The van der Waals surface area contributed by atoms with E-state index < -0.39 is 11.7 Å². The number of alkyl halides is 3. The number of nitrogens with zero attached hydrogens (tertiary/aromatic N) is 2. The van der Waals surface area contributed by atoms with E-state index in [-0.39, 0.29) is 42.8 Å². The Morgan fingerprint density at radius 1 is 1.06 bits per heavy atom. The van der Waals surface area contributed by atoms with E-state index in [2.05, 4.69) is 10.6 Å². The van der Waals surface area contributed by atoms with Gasteiger partial charge < -0.3 is 15.1 Å². The number of piperidine rings is 1. The number of likely N-dealkylation sites (tertiary alicyclic amines) is 1. The van der Waals surface area contributed by atoms with Gasteiger partial charge in [-0.05, 0) is 61.6 Å². The number of fused-ring (bicyclic) bond motifs is 1. The molecule has 35 heavy (non-hydrogen) atoms. The second kappa shape index (κ2) is 10.6. The van der Waals surface area contributed by atoms with Crippen LogP contribution in [0.15, 0.2) is 24.3 Å². The monoisotopic (exact) mass is 494 g/mol. The van der Waals surface area contributed by atoms with Gasteiger partial charge in [0.1, 0.15) is 6.54 Å². The van der Waals surface area contributed by atoms with E-state index in [9.17, 15) is 27.6 Å². The number of nitrogens with one attached hydrogen (secondary N) is 2. The van der Waals surface area contributed by atoms with Crippen LogP contribution in [0.25, 0.3) is 0 Å². The van der Waals surface area contributed by atoms with Crippen molar-refractivity contribution in [3.05, 3.63) is 35.4 Å². The first-order chi connectivity index (χ1) is 16.6. The van der Waals surface area contributed by atoms with Gasteiger partial charge >= 0.3 is 6.18 Å². The molecule has 3 fully saturated rings. The zero-order chi connectivity index (χ0) is 25.2. The molecule has 4 rings (SSSR count). The molecule has 2 saturated heterocycles. The third-order valence-electron chi connectivity index (χ3n) is 7.82. The third kappa shape index (κ3) is 6.15. The molecule has 7 nitrogen and oxygen atoms in total. The summed E-state index contributed by atoms with van der Waals surface area (Å²) < 4.78 is 38.1. The number of hydrogen-bond acceptors (Lipinski definition) is 4. The smallest absolute Gasteiger partial charge is 0.350 e. The maximum atomic E-state index is 13.2. The van der Waals surface area contributed by atoms with Crippen LogP contribution in [0.2, 0.25) is 0 Å². The zero-order valence-electron chi connectivity index (χ0n) is 19.9. The molecule has 2 N–H and O–H groups in total. The fourth-order valence-electron chi connectivity index (χ4n) is 5.75. The summed E-state index contributed by atoms with van der Waals surface area (Å²) in [7, 11) is 0. The summed E-state index contributed by atoms with van der Waals surface area (Å²) >= 11 is 0. The molecule has 3 unspecified atom stereocenters. The quantitative estimate of drug-likeness (QED) is 0.660. The highest BCUT2D eigenvalue weighted by Crippen LogP contribution is 2.40. The summed E-state index contributed by atoms with van der Waals surface area (Å²) in [6, 6.07) is 4.78. The predicted molar refractivity (Wildman–Crippen MR) is 123 cm³/mol. The predicted octanol–water partition coefficient (Wildman–Crippen LogP) is 2.75. The molecule has 2 aliphatic heterocycles. The Balaban J connectivity index is 1.26. The number of amides is 3. The summed E-state index contributed by atoms with van der Waals surface area (Å²) in [5.41, 5.74) is -0.178. The van der Waals surface area contributed by atoms with Gasteiger partial charge in [0.05, 0.1) is 18.2 Å². The first-order valence-corrected chi connectivity index (χ1v) is 12.3. The van der Waals surface area contributed by atoms with Crippen molar-refractivity contribution in [1.29, 1.82) is 0 Å². The van der Waals surface area contributed by atoms with Gasteiger partial charge in [0.15, 0.2) is 0 Å². The van der Waals surface area contributed by atoms with Crippen LogP contribution in [0, 0.1) is 17.8 Å². The van der Waals surface area contributed by atoms with E-state index in [0.29, 0.717) is 24.1 Å². The SMILES string of the molecule is CC(=O)N1CCC(C2CCC3NCN(CC(=O)NCc4ccc(C(F)(F)F)cc4)C(=O)C3C2)CC1. The van der Waals surface area contributed by atoms with Crippen LogP contribution in [0.5, 0.6) is 0 Å². The lowest BCUT2D eigenvalue weighted by atomic mass is 9.69. The van der Waals surface area contributed by atoms with Crippen molar-refractivity contribution >= 4 is 17.7 Å². The molecule has 3 amide bonds.